The molecule has 1 fully saturated rings. The van der Waals surface area contributed by atoms with Gasteiger partial charge >= 0.3 is 6.18 Å². The standard InChI is InChI=1S/C18H23F3N2O3/c1-2-9-25-16-7-6-14(26-12-18(19,20)21)10-15(16)17(24)23-11-13-5-3-4-8-22-13/h2,6-7,10,13,22H,1,3-5,8-9,11-12H2,(H,23,24). The highest BCUT2D eigenvalue weighted by Gasteiger charge is 2.28. The van der Waals surface area contributed by atoms with E-state index in [1.165, 1.54) is 24.3 Å². The van der Waals surface area contributed by atoms with Crippen LogP contribution in [0.1, 0.15) is 29.6 Å². The minimum Gasteiger partial charge on any atom is -0.489 e. The van der Waals surface area contributed by atoms with E-state index < -0.39 is 18.7 Å². The molecule has 8 heteroatoms. The maximum atomic E-state index is 12.5. The van der Waals surface area contributed by atoms with Crippen molar-refractivity contribution in [3.63, 3.8) is 0 Å². The van der Waals surface area contributed by atoms with Crippen molar-refractivity contribution in [2.45, 2.75) is 31.5 Å². The van der Waals surface area contributed by atoms with Crippen molar-refractivity contribution in [3.05, 3.63) is 36.4 Å². The summed E-state index contributed by atoms with van der Waals surface area (Å²) in [6, 6.07) is 4.20. The highest BCUT2D eigenvalue weighted by atomic mass is 19.4. The minimum atomic E-state index is -4.45. The van der Waals surface area contributed by atoms with E-state index in [-0.39, 0.29) is 29.7 Å². The van der Waals surface area contributed by atoms with Gasteiger partial charge < -0.3 is 20.1 Å². The molecule has 1 saturated heterocycles. The van der Waals surface area contributed by atoms with Crippen LogP contribution in [-0.4, -0.2) is 44.4 Å². The Balaban J connectivity index is 2.07. The number of halogens is 3. The van der Waals surface area contributed by atoms with Crippen LogP contribution in [0.25, 0.3) is 0 Å². The van der Waals surface area contributed by atoms with Gasteiger partial charge in [-0.15, -0.1) is 0 Å². The molecule has 1 amide bonds. The van der Waals surface area contributed by atoms with E-state index in [4.69, 9.17) is 9.47 Å². The van der Waals surface area contributed by atoms with Crippen molar-refractivity contribution in [3.8, 4) is 11.5 Å². The summed E-state index contributed by atoms with van der Waals surface area (Å²) < 4.78 is 47.1. The first kappa shape index (κ1) is 20.1. The van der Waals surface area contributed by atoms with Crippen molar-refractivity contribution in [2.75, 3.05) is 26.3 Å². The van der Waals surface area contributed by atoms with Crippen LogP contribution in [0.4, 0.5) is 13.2 Å². The highest BCUT2D eigenvalue weighted by molar-refractivity contribution is 5.97. The molecule has 26 heavy (non-hydrogen) atoms. The number of carbonyl (C=O) groups excluding carboxylic acids is 1. The van der Waals surface area contributed by atoms with Gasteiger partial charge in [0.15, 0.2) is 6.61 Å². The predicted octanol–water partition coefficient (Wildman–Crippen LogP) is 3.06. The van der Waals surface area contributed by atoms with Crippen LogP contribution in [0.5, 0.6) is 11.5 Å². The molecule has 0 saturated carbocycles. The van der Waals surface area contributed by atoms with E-state index in [2.05, 4.69) is 17.2 Å². The summed E-state index contributed by atoms with van der Waals surface area (Å²) in [7, 11) is 0. The normalized spacial score (nSPS) is 17.4. The van der Waals surface area contributed by atoms with Crippen molar-refractivity contribution in [1.29, 1.82) is 0 Å². The number of hydrogen-bond acceptors (Lipinski definition) is 4. The zero-order chi connectivity index (χ0) is 19.0. The fourth-order valence-electron chi connectivity index (χ4n) is 2.63. The topological polar surface area (TPSA) is 59.6 Å². The van der Waals surface area contributed by atoms with Crippen LogP contribution >= 0.6 is 0 Å². The summed E-state index contributed by atoms with van der Waals surface area (Å²) in [5, 5.41) is 6.11. The Labute approximate surface area is 150 Å². The molecule has 0 radical (unpaired) electrons. The molecule has 0 aliphatic carbocycles. The molecule has 1 aliphatic heterocycles. The highest BCUT2D eigenvalue weighted by Crippen LogP contribution is 2.26. The lowest BCUT2D eigenvalue weighted by atomic mass is 10.0. The molecule has 0 spiro atoms. The lowest BCUT2D eigenvalue weighted by Gasteiger charge is -2.23. The predicted molar refractivity (Wildman–Crippen MR) is 91.7 cm³/mol. The number of hydrogen-bond donors (Lipinski definition) is 2. The zero-order valence-corrected chi connectivity index (χ0v) is 14.4. The summed E-state index contributed by atoms with van der Waals surface area (Å²) in [5.41, 5.74) is 0.127. The monoisotopic (exact) mass is 372 g/mol. The number of nitrogens with one attached hydrogen (secondary N) is 2. The van der Waals surface area contributed by atoms with Crippen LogP contribution in [0.2, 0.25) is 0 Å². The van der Waals surface area contributed by atoms with E-state index in [0.717, 1.165) is 25.8 Å². The number of benzene rings is 1. The van der Waals surface area contributed by atoms with Crippen molar-refractivity contribution in [2.24, 2.45) is 0 Å². The van der Waals surface area contributed by atoms with Gasteiger partial charge in [-0.05, 0) is 37.6 Å². The van der Waals surface area contributed by atoms with E-state index in [1.807, 2.05) is 0 Å². The number of carbonyl (C=O) groups is 1. The SMILES string of the molecule is C=CCOc1ccc(OCC(F)(F)F)cc1C(=O)NCC1CCCCN1. The summed E-state index contributed by atoms with van der Waals surface area (Å²) in [6.45, 7) is 3.64. The second-order valence-electron chi connectivity index (χ2n) is 6.02. The van der Waals surface area contributed by atoms with Gasteiger partial charge in [0.1, 0.15) is 18.1 Å². The molecule has 1 aromatic rings. The molecule has 1 aromatic carbocycles. The first-order valence-corrected chi connectivity index (χ1v) is 8.48. The van der Waals surface area contributed by atoms with Crippen LogP contribution in [0.3, 0.4) is 0 Å². The zero-order valence-electron chi connectivity index (χ0n) is 14.4. The van der Waals surface area contributed by atoms with Gasteiger partial charge in [0.2, 0.25) is 0 Å². The summed E-state index contributed by atoms with van der Waals surface area (Å²) in [4.78, 5) is 12.5. The lowest BCUT2D eigenvalue weighted by molar-refractivity contribution is -0.153. The van der Waals surface area contributed by atoms with Gasteiger partial charge in [-0.1, -0.05) is 19.1 Å². The molecule has 144 valence electrons. The Morgan fingerprint density at radius 3 is 2.81 bits per heavy atom. The summed E-state index contributed by atoms with van der Waals surface area (Å²) in [6.07, 6.45) is 0.244. The van der Waals surface area contributed by atoms with E-state index in [9.17, 15) is 18.0 Å². The first-order valence-electron chi connectivity index (χ1n) is 8.48. The Morgan fingerprint density at radius 1 is 1.35 bits per heavy atom. The quantitative estimate of drug-likeness (QED) is 0.689. The van der Waals surface area contributed by atoms with Gasteiger partial charge in [-0.3, -0.25) is 4.79 Å². The number of amides is 1. The molecule has 1 heterocycles. The van der Waals surface area contributed by atoms with E-state index >= 15 is 0 Å². The molecular weight excluding hydrogens is 349 g/mol. The Morgan fingerprint density at radius 2 is 2.15 bits per heavy atom. The average Bonchev–Trinajstić information content (AvgIpc) is 2.63. The number of piperidine rings is 1. The first-order chi connectivity index (χ1) is 12.4. The fourth-order valence-corrected chi connectivity index (χ4v) is 2.63. The third-order valence-electron chi connectivity index (χ3n) is 3.88. The van der Waals surface area contributed by atoms with Crippen molar-refractivity contribution < 1.29 is 27.4 Å². The van der Waals surface area contributed by atoms with Crippen molar-refractivity contribution >= 4 is 5.91 Å². The second-order valence-corrected chi connectivity index (χ2v) is 6.02. The molecule has 0 bridgehead atoms. The van der Waals surface area contributed by atoms with Gasteiger partial charge in [-0.2, -0.15) is 13.2 Å². The van der Waals surface area contributed by atoms with Crippen LogP contribution in [0.15, 0.2) is 30.9 Å². The smallest absolute Gasteiger partial charge is 0.422 e. The Bertz CT molecular complexity index is 614. The van der Waals surface area contributed by atoms with Gasteiger partial charge in [0, 0.05) is 12.6 Å². The Hall–Kier alpha value is -2.22. The summed E-state index contributed by atoms with van der Waals surface area (Å²) >= 11 is 0. The molecular formula is C18H23F3N2O3. The fraction of sp³-hybridized carbons (Fsp3) is 0.500. The molecule has 5 nitrogen and oxygen atoms in total. The molecule has 1 unspecified atom stereocenters. The molecule has 2 N–H and O–H groups in total. The van der Waals surface area contributed by atoms with Crippen LogP contribution in [0, 0.1) is 0 Å². The second kappa shape index (κ2) is 9.47. The minimum absolute atomic E-state index is 0.0470. The number of ether oxygens (including phenoxy) is 2. The number of rotatable bonds is 8. The third kappa shape index (κ3) is 6.59. The lowest BCUT2D eigenvalue weighted by Crippen LogP contribution is -2.43. The Kier molecular flexibility index (Phi) is 7.32. The van der Waals surface area contributed by atoms with Crippen LogP contribution in [-0.2, 0) is 0 Å². The maximum absolute atomic E-state index is 12.5. The van der Waals surface area contributed by atoms with Gasteiger partial charge in [0.05, 0.1) is 5.56 Å². The van der Waals surface area contributed by atoms with E-state index in [1.54, 1.807) is 0 Å². The van der Waals surface area contributed by atoms with Gasteiger partial charge in [0.25, 0.3) is 5.91 Å². The molecule has 1 atom stereocenters. The molecule has 0 aromatic heterocycles. The third-order valence-corrected chi connectivity index (χ3v) is 3.88. The number of alkyl halides is 3. The molecule has 2 rings (SSSR count). The molecule has 1 aliphatic rings. The largest absolute Gasteiger partial charge is 0.489 e. The van der Waals surface area contributed by atoms with Crippen LogP contribution < -0.4 is 20.1 Å². The maximum Gasteiger partial charge on any atom is 0.422 e. The van der Waals surface area contributed by atoms with Crippen molar-refractivity contribution in [1.82, 2.24) is 10.6 Å². The van der Waals surface area contributed by atoms with E-state index in [0.29, 0.717) is 6.54 Å². The summed E-state index contributed by atoms with van der Waals surface area (Å²) in [5.74, 6) is -0.207. The average molecular weight is 372 g/mol. The van der Waals surface area contributed by atoms with Gasteiger partial charge in [-0.25, -0.2) is 0 Å².